The molecule has 0 spiro atoms. The van der Waals surface area contributed by atoms with Gasteiger partial charge in [0, 0.05) is 5.69 Å². The van der Waals surface area contributed by atoms with E-state index in [1.807, 2.05) is 40.7 Å². The Morgan fingerprint density at radius 2 is 1.54 bits per heavy atom. The number of aromatic nitrogens is 1. The van der Waals surface area contributed by atoms with Crippen molar-refractivity contribution in [3.63, 3.8) is 0 Å². The summed E-state index contributed by atoms with van der Waals surface area (Å²) in [7, 11) is 0. The molecule has 1 aromatic heterocycles. The Bertz CT molecular complexity index is 732. The number of hydrogen-bond donors (Lipinski definition) is 2. The van der Waals surface area contributed by atoms with E-state index in [-0.39, 0.29) is 0 Å². The zero-order valence-electron chi connectivity index (χ0n) is 15.4. The monoisotopic (exact) mass is 328 g/mol. The molecule has 2 nitrogen and oxygen atoms in total. The first-order valence-electron chi connectivity index (χ1n) is 8.79. The molecule has 3 heteroatoms. The molecule has 0 amide bonds. The summed E-state index contributed by atoms with van der Waals surface area (Å²) < 4.78 is 12.4. The van der Waals surface area contributed by atoms with Crippen LogP contribution in [0.4, 0.5) is 10.3 Å². The van der Waals surface area contributed by atoms with Crippen molar-refractivity contribution in [1.82, 2.24) is 4.98 Å². The summed E-state index contributed by atoms with van der Waals surface area (Å²) in [4.78, 5) is 2.97. The molecule has 2 N–H and O–H groups in total. The van der Waals surface area contributed by atoms with E-state index in [1.165, 1.54) is 16.3 Å². The quantitative estimate of drug-likeness (QED) is 0.518. The molecule has 0 aliphatic rings. The number of fused-ring (bicyclic) bond motifs is 1. The molecule has 0 radical (unpaired) electrons. The summed E-state index contributed by atoms with van der Waals surface area (Å²) in [6.07, 6.45) is 1.86. The van der Waals surface area contributed by atoms with E-state index >= 15 is 0 Å². The Morgan fingerprint density at radius 1 is 0.875 bits per heavy atom. The summed E-state index contributed by atoms with van der Waals surface area (Å²) in [6.45, 7) is 9.97. The van der Waals surface area contributed by atoms with Gasteiger partial charge in [0.05, 0.1) is 0 Å². The van der Waals surface area contributed by atoms with Gasteiger partial charge in [0.2, 0.25) is 0 Å². The second-order valence-corrected chi connectivity index (χ2v) is 5.11. The van der Waals surface area contributed by atoms with Gasteiger partial charge in [-0.2, -0.15) is 0 Å². The smallest absolute Gasteiger partial charge is 0.132 e. The molecular weight excluding hydrogens is 299 g/mol. The zero-order valence-corrected chi connectivity index (χ0v) is 15.4. The van der Waals surface area contributed by atoms with Gasteiger partial charge in [0.15, 0.2) is 0 Å². The molecular formula is C21H29FN2. The van der Waals surface area contributed by atoms with Crippen molar-refractivity contribution in [2.45, 2.75) is 47.5 Å². The number of H-pyrrole nitrogens is 1. The molecule has 130 valence electrons. The number of aromatic amines is 1. The first kappa shape index (κ1) is 19.8. The number of nitrogens with one attached hydrogen (secondary N) is 2. The normalized spacial score (nSPS) is 9.58. The highest BCUT2D eigenvalue weighted by atomic mass is 19.2. The van der Waals surface area contributed by atoms with E-state index in [1.54, 1.807) is 5.54 Å². The summed E-state index contributed by atoms with van der Waals surface area (Å²) >= 11 is 0. The van der Waals surface area contributed by atoms with Gasteiger partial charge in [0.25, 0.3) is 0 Å². The number of benzene rings is 2. The molecule has 0 saturated carbocycles. The summed E-state index contributed by atoms with van der Waals surface area (Å²) in [5, 5.41) is 2.53. The van der Waals surface area contributed by atoms with Crippen molar-refractivity contribution >= 4 is 16.6 Å². The zero-order chi connectivity index (χ0) is 17.9. The van der Waals surface area contributed by atoms with Crippen molar-refractivity contribution in [1.29, 1.82) is 0 Å². The topological polar surface area (TPSA) is 27.8 Å². The summed E-state index contributed by atoms with van der Waals surface area (Å²) in [5.74, 6) is 0.427. The third kappa shape index (κ3) is 5.12. The van der Waals surface area contributed by atoms with Gasteiger partial charge < -0.3 is 4.98 Å². The predicted octanol–water partition coefficient (Wildman–Crippen LogP) is 6.61. The fraction of sp³-hybridized carbons (Fsp3) is 0.333. The van der Waals surface area contributed by atoms with Gasteiger partial charge in [-0.05, 0) is 47.7 Å². The second-order valence-electron chi connectivity index (χ2n) is 5.11. The highest BCUT2D eigenvalue weighted by Gasteiger charge is 2.05. The van der Waals surface area contributed by atoms with E-state index in [2.05, 4.69) is 47.4 Å². The molecule has 24 heavy (non-hydrogen) atoms. The Balaban J connectivity index is 0.000000671. The van der Waals surface area contributed by atoms with Crippen LogP contribution in [0.5, 0.6) is 0 Å². The van der Waals surface area contributed by atoms with Crippen LogP contribution in [0.3, 0.4) is 0 Å². The van der Waals surface area contributed by atoms with Crippen LogP contribution >= 0.6 is 0 Å². The van der Waals surface area contributed by atoms with Gasteiger partial charge in [-0.3, -0.25) is 0 Å². The predicted molar refractivity (Wildman–Crippen MR) is 104 cm³/mol. The van der Waals surface area contributed by atoms with E-state index in [9.17, 15) is 4.48 Å². The molecule has 0 bridgehead atoms. The van der Waals surface area contributed by atoms with E-state index in [0.717, 1.165) is 24.1 Å². The fourth-order valence-electron chi connectivity index (χ4n) is 2.58. The highest BCUT2D eigenvalue weighted by Crippen LogP contribution is 2.19. The lowest BCUT2D eigenvalue weighted by molar-refractivity contribution is 0.612. The van der Waals surface area contributed by atoms with Gasteiger partial charge in [-0.15, -0.1) is 4.48 Å². The first-order chi connectivity index (χ1) is 11.8. The largest absolute Gasteiger partial charge is 0.344 e. The van der Waals surface area contributed by atoms with E-state index in [0.29, 0.717) is 5.82 Å². The number of rotatable bonds is 4. The van der Waals surface area contributed by atoms with Crippen molar-refractivity contribution in [2.24, 2.45) is 0 Å². The molecule has 3 rings (SSSR count). The molecule has 0 atom stereocenters. The maximum atomic E-state index is 12.4. The van der Waals surface area contributed by atoms with Crippen LogP contribution in [0.2, 0.25) is 0 Å². The van der Waals surface area contributed by atoms with Crippen LogP contribution < -0.4 is 5.54 Å². The van der Waals surface area contributed by atoms with Crippen LogP contribution in [0.1, 0.15) is 44.5 Å². The molecule has 0 saturated heterocycles. The van der Waals surface area contributed by atoms with E-state index in [4.69, 9.17) is 0 Å². The van der Waals surface area contributed by atoms with Gasteiger partial charge >= 0.3 is 0 Å². The lowest BCUT2D eigenvalue weighted by Gasteiger charge is -2.04. The fourth-order valence-corrected chi connectivity index (χ4v) is 2.58. The molecule has 3 aromatic rings. The molecule has 0 unspecified atom stereocenters. The van der Waals surface area contributed by atoms with Crippen molar-refractivity contribution in [2.75, 3.05) is 5.54 Å². The molecule has 0 fully saturated rings. The molecule has 2 aromatic carbocycles. The minimum atomic E-state index is 0.427. The molecule has 0 aliphatic carbocycles. The standard InChI is InChI=1S/C17H17FN2.2C2H6/c1-12-15(11-17(19-12)20-18)9-7-13-6-8-14-4-2-3-5-16(14)10-13;2*1-2/h2-6,8,10-11,19-20H,7,9H2,1H3;2*1-2H3. The Hall–Kier alpha value is -2.29. The summed E-state index contributed by atoms with van der Waals surface area (Å²) in [6, 6.07) is 16.7. The average Bonchev–Trinajstić information content (AvgIpc) is 3.03. The first-order valence-corrected chi connectivity index (χ1v) is 8.79. The molecule has 1 heterocycles. The van der Waals surface area contributed by atoms with Gasteiger partial charge in [-0.1, -0.05) is 70.2 Å². The SMILES string of the molecule is CC.CC.Cc1[nH]c(NF)cc1CCc1ccc2ccccc2c1. The van der Waals surface area contributed by atoms with Gasteiger partial charge in [-0.25, -0.2) is 5.54 Å². The Labute approximate surface area is 145 Å². The number of aryl methyl sites for hydroxylation is 3. The maximum absolute atomic E-state index is 12.4. The van der Waals surface area contributed by atoms with Crippen LogP contribution in [0, 0.1) is 6.92 Å². The van der Waals surface area contributed by atoms with Crippen LogP contribution in [0.15, 0.2) is 48.5 Å². The molecule has 0 aliphatic heterocycles. The van der Waals surface area contributed by atoms with Crippen molar-refractivity contribution in [3.8, 4) is 0 Å². The number of halogens is 1. The third-order valence-corrected chi connectivity index (χ3v) is 3.72. The highest BCUT2D eigenvalue weighted by molar-refractivity contribution is 5.82. The minimum absolute atomic E-state index is 0.427. The Kier molecular flexibility index (Phi) is 8.63. The van der Waals surface area contributed by atoms with Crippen LogP contribution in [-0.2, 0) is 12.8 Å². The second kappa shape index (κ2) is 10.5. The third-order valence-electron chi connectivity index (χ3n) is 3.72. The van der Waals surface area contributed by atoms with Gasteiger partial charge in [0.1, 0.15) is 5.82 Å². The maximum Gasteiger partial charge on any atom is 0.132 e. The summed E-state index contributed by atoms with van der Waals surface area (Å²) in [5.41, 5.74) is 5.13. The van der Waals surface area contributed by atoms with Crippen LogP contribution in [0.25, 0.3) is 10.8 Å². The Morgan fingerprint density at radius 3 is 2.17 bits per heavy atom. The van der Waals surface area contributed by atoms with Crippen molar-refractivity contribution in [3.05, 3.63) is 65.4 Å². The van der Waals surface area contributed by atoms with E-state index < -0.39 is 0 Å². The number of hydrogen-bond acceptors (Lipinski definition) is 1. The minimum Gasteiger partial charge on any atom is -0.344 e. The van der Waals surface area contributed by atoms with Crippen LogP contribution in [-0.4, -0.2) is 4.98 Å². The lowest BCUT2D eigenvalue weighted by Crippen LogP contribution is -1.92. The average molecular weight is 328 g/mol. The number of anilines is 1. The lowest BCUT2D eigenvalue weighted by atomic mass is 10.0. The van der Waals surface area contributed by atoms with Crippen molar-refractivity contribution < 1.29 is 4.48 Å².